The number of fused-ring (bicyclic) bond motifs is 1. The first-order valence-corrected chi connectivity index (χ1v) is 13.4. The van der Waals surface area contributed by atoms with Crippen molar-refractivity contribution in [2.75, 3.05) is 10.6 Å². The molecule has 0 bridgehead atoms. The van der Waals surface area contributed by atoms with Crippen LogP contribution < -0.4 is 10.6 Å². The van der Waals surface area contributed by atoms with Crippen molar-refractivity contribution < 1.29 is 14.3 Å². The maximum Gasteiger partial charge on any atom is 0.326 e. The predicted octanol–water partition coefficient (Wildman–Crippen LogP) is 7.02. The molecule has 0 spiro atoms. The normalized spacial score (nSPS) is 12.0. The zero-order chi connectivity index (χ0) is 26.6. The number of aromatic nitrogens is 2. The van der Waals surface area contributed by atoms with Crippen molar-refractivity contribution in [3.8, 4) is 11.1 Å². The number of aliphatic carboxylic acids is 1. The molecule has 0 aliphatic carbocycles. The number of carbonyl (C=O) groups is 1. The third-order valence-electron chi connectivity index (χ3n) is 6.58. The van der Waals surface area contributed by atoms with Gasteiger partial charge in [0.2, 0.25) is 5.95 Å². The van der Waals surface area contributed by atoms with Gasteiger partial charge in [-0.05, 0) is 76.9 Å². The summed E-state index contributed by atoms with van der Waals surface area (Å²) < 4.78 is 13.8. The van der Waals surface area contributed by atoms with Crippen molar-refractivity contribution in [3.05, 3.63) is 99.5 Å². The van der Waals surface area contributed by atoms with Crippen molar-refractivity contribution in [1.82, 2.24) is 9.97 Å². The van der Waals surface area contributed by atoms with Gasteiger partial charge < -0.3 is 20.7 Å². The van der Waals surface area contributed by atoms with E-state index < -0.39 is 12.0 Å². The smallest absolute Gasteiger partial charge is 0.326 e. The number of H-pyrrole nitrogens is 1. The second kappa shape index (κ2) is 11.1. The van der Waals surface area contributed by atoms with E-state index in [0.717, 1.165) is 39.2 Å². The molecule has 6 nitrogen and oxygen atoms in total. The minimum Gasteiger partial charge on any atom is -0.480 e. The van der Waals surface area contributed by atoms with Crippen molar-refractivity contribution >= 4 is 40.0 Å². The van der Waals surface area contributed by atoms with Crippen LogP contribution in [0.3, 0.4) is 0 Å². The van der Waals surface area contributed by atoms with Gasteiger partial charge in [-0.3, -0.25) is 0 Å². The predicted molar refractivity (Wildman–Crippen MR) is 152 cm³/mol. The van der Waals surface area contributed by atoms with Crippen molar-refractivity contribution in [1.29, 1.82) is 0 Å². The van der Waals surface area contributed by atoms with Gasteiger partial charge in [-0.2, -0.15) is 0 Å². The highest BCUT2D eigenvalue weighted by molar-refractivity contribution is 7.10. The fourth-order valence-electron chi connectivity index (χ4n) is 4.57. The molecule has 2 heterocycles. The highest BCUT2D eigenvalue weighted by atomic mass is 32.1. The number of carboxylic acids is 1. The van der Waals surface area contributed by atoms with Crippen molar-refractivity contribution in [3.63, 3.8) is 0 Å². The molecule has 1 atom stereocenters. The highest BCUT2D eigenvalue weighted by Crippen LogP contribution is 2.28. The van der Waals surface area contributed by atoms with Gasteiger partial charge in [-0.25, -0.2) is 14.2 Å². The van der Waals surface area contributed by atoms with E-state index in [0.29, 0.717) is 30.6 Å². The number of carboxylic acid groups (broad SMARTS) is 1. The number of thiophene rings is 1. The van der Waals surface area contributed by atoms with Crippen LogP contribution in [0.2, 0.25) is 0 Å². The summed E-state index contributed by atoms with van der Waals surface area (Å²) >= 11 is 1.68. The summed E-state index contributed by atoms with van der Waals surface area (Å²) in [5.74, 6) is -0.512. The molecule has 5 rings (SSSR count). The number of imidazole rings is 1. The van der Waals surface area contributed by atoms with Crippen LogP contribution in [0.15, 0.2) is 72.1 Å². The molecule has 3 aromatic carbocycles. The Kier molecular flexibility index (Phi) is 7.42. The number of aromatic amines is 1. The number of rotatable bonds is 10. The number of benzene rings is 3. The fraction of sp³-hybridized carbons (Fsp3) is 0.200. The second-order valence-corrected chi connectivity index (χ2v) is 10.3. The minimum atomic E-state index is -0.945. The molecule has 0 radical (unpaired) electrons. The third-order valence-corrected chi connectivity index (χ3v) is 7.52. The molecule has 0 saturated heterocycles. The number of nitrogens with one attached hydrogen (secondary N) is 3. The van der Waals surface area contributed by atoms with Crippen LogP contribution in [-0.4, -0.2) is 27.1 Å². The number of aryl methyl sites for hydroxylation is 2. The average molecular weight is 529 g/mol. The Balaban J connectivity index is 1.24. The van der Waals surface area contributed by atoms with Gasteiger partial charge in [0.25, 0.3) is 0 Å². The third kappa shape index (κ3) is 5.70. The maximum atomic E-state index is 13.8. The molecule has 0 amide bonds. The monoisotopic (exact) mass is 528 g/mol. The van der Waals surface area contributed by atoms with Crippen LogP contribution in [0.1, 0.15) is 28.5 Å². The van der Waals surface area contributed by atoms with Gasteiger partial charge in [0.05, 0.1) is 17.6 Å². The van der Waals surface area contributed by atoms with E-state index in [1.165, 1.54) is 17.0 Å². The largest absolute Gasteiger partial charge is 0.480 e. The van der Waals surface area contributed by atoms with E-state index in [1.807, 2.05) is 55.5 Å². The number of hydrogen-bond acceptors (Lipinski definition) is 5. The summed E-state index contributed by atoms with van der Waals surface area (Å²) in [6.45, 7) is 4.38. The lowest BCUT2D eigenvalue weighted by Gasteiger charge is -2.20. The van der Waals surface area contributed by atoms with E-state index in [2.05, 4.69) is 32.0 Å². The van der Waals surface area contributed by atoms with Gasteiger partial charge in [0.15, 0.2) is 0 Å². The second-order valence-electron chi connectivity index (χ2n) is 9.30. The molecule has 38 heavy (non-hydrogen) atoms. The van der Waals surface area contributed by atoms with Crippen molar-refractivity contribution in [2.24, 2.45) is 0 Å². The van der Waals surface area contributed by atoms with E-state index in [4.69, 9.17) is 0 Å². The molecular formula is C30H29FN4O2S. The Bertz CT molecular complexity index is 1540. The molecule has 194 valence electrons. The van der Waals surface area contributed by atoms with Gasteiger partial charge in [0, 0.05) is 17.0 Å². The summed E-state index contributed by atoms with van der Waals surface area (Å²) in [6, 6.07) is 20.1. The van der Waals surface area contributed by atoms with Crippen LogP contribution in [-0.2, 0) is 24.2 Å². The lowest BCUT2D eigenvalue weighted by Crippen LogP contribution is -2.32. The lowest BCUT2D eigenvalue weighted by molar-refractivity contribution is -0.137. The lowest BCUT2D eigenvalue weighted by atomic mass is 10.00. The molecule has 0 fully saturated rings. The molecule has 2 aromatic heterocycles. The average Bonchev–Trinajstić information content (AvgIpc) is 3.55. The summed E-state index contributed by atoms with van der Waals surface area (Å²) in [6.07, 6.45) is 0.921. The Hall–Kier alpha value is -4.17. The quantitative estimate of drug-likeness (QED) is 0.156. The molecule has 0 aliphatic heterocycles. The molecule has 1 unspecified atom stereocenters. The number of para-hydroxylation sites is 2. The Morgan fingerprint density at radius 2 is 1.89 bits per heavy atom. The van der Waals surface area contributed by atoms with Crippen LogP contribution in [0.4, 0.5) is 16.0 Å². The Morgan fingerprint density at radius 3 is 2.63 bits per heavy atom. The molecule has 8 heteroatoms. The highest BCUT2D eigenvalue weighted by Gasteiger charge is 2.20. The van der Waals surface area contributed by atoms with Gasteiger partial charge in [0.1, 0.15) is 11.9 Å². The first-order valence-electron chi connectivity index (χ1n) is 12.5. The van der Waals surface area contributed by atoms with Crippen molar-refractivity contribution in [2.45, 2.75) is 39.3 Å². The summed E-state index contributed by atoms with van der Waals surface area (Å²) in [7, 11) is 0. The van der Waals surface area contributed by atoms with Gasteiger partial charge in [-0.1, -0.05) is 43.3 Å². The van der Waals surface area contributed by atoms with Crippen LogP contribution in [0.25, 0.3) is 22.2 Å². The van der Waals surface area contributed by atoms with E-state index in [-0.39, 0.29) is 5.82 Å². The summed E-state index contributed by atoms with van der Waals surface area (Å²) in [4.78, 5) is 21.1. The maximum absolute atomic E-state index is 13.8. The SMILES string of the molecule is CCc1cc(F)cc(C)c1NC(Cc1ccc(-c2csc(CNc3nc4ccccc4[nH]3)c2)cc1)C(=O)O. The van der Waals surface area contributed by atoms with Crippen LogP contribution in [0, 0.1) is 12.7 Å². The molecule has 4 N–H and O–H groups in total. The van der Waals surface area contributed by atoms with E-state index in [9.17, 15) is 14.3 Å². The van der Waals surface area contributed by atoms with Crippen LogP contribution in [0.5, 0.6) is 0 Å². The zero-order valence-corrected chi connectivity index (χ0v) is 22.0. The van der Waals surface area contributed by atoms with Crippen LogP contribution >= 0.6 is 11.3 Å². The number of hydrogen-bond donors (Lipinski definition) is 4. The van der Waals surface area contributed by atoms with Gasteiger partial charge >= 0.3 is 5.97 Å². The fourth-order valence-corrected chi connectivity index (χ4v) is 5.41. The zero-order valence-electron chi connectivity index (χ0n) is 21.2. The van der Waals surface area contributed by atoms with E-state index >= 15 is 0 Å². The molecule has 0 aliphatic rings. The number of anilines is 2. The first kappa shape index (κ1) is 25.5. The van der Waals surface area contributed by atoms with Gasteiger partial charge in [-0.15, -0.1) is 11.3 Å². The van der Waals surface area contributed by atoms with E-state index in [1.54, 1.807) is 18.3 Å². The molecule has 5 aromatic rings. The summed E-state index contributed by atoms with van der Waals surface area (Å²) in [5.41, 5.74) is 7.20. The number of nitrogens with zero attached hydrogens (tertiary/aromatic N) is 1. The number of halogens is 1. The molecular weight excluding hydrogens is 499 g/mol. The molecule has 0 saturated carbocycles. The Morgan fingerprint density at radius 1 is 1.11 bits per heavy atom. The first-order chi connectivity index (χ1) is 18.4. The minimum absolute atomic E-state index is 0.311. The topological polar surface area (TPSA) is 90.0 Å². The Labute approximate surface area is 224 Å². The summed E-state index contributed by atoms with van der Waals surface area (Å²) in [5, 5.41) is 18.5. The standard InChI is InChI=1S/C30H29FN4O2S/c1-3-20-14-23(31)12-18(2)28(20)33-27(29(36)37)13-19-8-10-21(11-9-19)22-15-24(38-17-22)16-32-30-34-25-6-4-5-7-26(25)35-30/h4-12,14-15,17,27,33H,3,13,16H2,1-2H3,(H,36,37)(H2,32,34,35).